The Morgan fingerprint density at radius 2 is 1.90 bits per heavy atom. The number of urea groups is 1. The van der Waals surface area contributed by atoms with Crippen molar-refractivity contribution in [2.45, 2.75) is 24.6 Å². The molecule has 0 bridgehead atoms. The molecule has 2 fully saturated rings. The van der Waals surface area contributed by atoms with Gasteiger partial charge in [0.1, 0.15) is 5.75 Å². The van der Waals surface area contributed by atoms with Crippen molar-refractivity contribution in [3.8, 4) is 5.75 Å². The normalized spacial score (nSPS) is 18.2. The lowest BCUT2D eigenvalue weighted by Crippen LogP contribution is -2.53. The zero-order chi connectivity index (χ0) is 20.4. The molecule has 0 aliphatic carbocycles. The van der Waals surface area contributed by atoms with Gasteiger partial charge in [-0.05, 0) is 49.6 Å². The van der Waals surface area contributed by atoms with Gasteiger partial charge in [-0.3, -0.25) is 9.69 Å². The molecule has 0 unspecified atom stereocenters. The highest BCUT2D eigenvalue weighted by atomic mass is 32.2. The third-order valence-electron chi connectivity index (χ3n) is 5.53. The van der Waals surface area contributed by atoms with Crippen molar-refractivity contribution in [2.75, 3.05) is 36.2 Å². The molecule has 3 amide bonds. The highest BCUT2D eigenvalue weighted by molar-refractivity contribution is 8.02. The number of amides is 3. The number of hydrogen-bond donors (Lipinski definition) is 1. The Kier molecular flexibility index (Phi) is 5.41. The summed E-state index contributed by atoms with van der Waals surface area (Å²) in [6.45, 7) is 3.26. The van der Waals surface area contributed by atoms with Crippen LogP contribution in [0.2, 0.25) is 0 Å². The fraction of sp³-hybridized carbons (Fsp3) is 0.364. The van der Waals surface area contributed by atoms with Crippen molar-refractivity contribution >= 4 is 35.1 Å². The number of piperidine rings is 1. The van der Waals surface area contributed by atoms with Crippen LogP contribution in [0.25, 0.3) is 0 Å². The number of aryl methyl sites for hydroxylation is 1. The zero-order valence-electron chi connectivity index (χ0n) is 16.7. The molecule has 2 saturated heterocycles. The number of rotatable bonds is 3. The quantitative estimate of drug-likeness (QED) is 0.826. The molecule has 0 saturated carbocycles. The number of ether oxygens (including phenoxy) is 1. The van der Waals surface area contributed by atoms with Crippen molar-refractivity contribution < 1.29 is 14.3 Å². The van der Waals surface area contributed by atoms with E-state index in [1.807, 2.05) is 53.1 Å². The summed E-state index contributed by atoms with van der Waals surface area (Å²) in [6.07, 6.45) is 1.51. The molecule has 4 rings (SSSR count). The molecule has 2 heterocycles. The SMILES string of the molecule is COc1cccc(NC(=O)N2CCC3(CC2)SCC(=O)N3c2cccc(C)c2)c1. The van der Waals surface area contributed by atoms with Crippen LogP contribution in [0.5, 0.6) is 5.75 Å². The third kappa shape index (κ3) is 3.92. The molecule has 2 aromatic carbocycles. The van der Waals surface area contributed by atoms with Gasteiger partial charge in [-0.1, -0.05) is 18.2 Å². The fourth-order valence-electron chi connectivity index (χ4n) is 4.03. The number of hydrogen-bond acceptors (Lipinski definition) is 4. The first-order chi connectivity index (χ1) is 14.0. The number of thioether (sulfide) groups is 1. The summed E-state index contributed by atoms with van der Waals surface area (Å²) in [6, 6.07) is 15.3. The topological polar surface area (TPSA) is 61.9 Å². The lowest BCUT2D eigenvalue weighted by Gasteiger charge is -2.44. The standard InChI is InChI=1S/C22H25N3O3S/c1-16-5-3-7-18(13-16)25-20(26)15-29-22(25)9-11-24(12-10-22)21(27)23-17-6-4-8-19(14-17)28-2/h3-8,13-14H,9-12,15H2,1-2H3,(H,23,27). The predicted molar refractivity (Wildman–Crippen MR) is 117 cm³/mol. The molecule has 1 spiro atoms. The van der Waals surface area contributed by atoms with Crippen molar-refractivity contribution in [1.82, 2.24) is 4.90 Å². The van der Waals surface area contributed by atoms with Gasteiger partial charge in [-0.25, -0.2) is 4.79 Å². The molecule has 2 aliphatic rings. The van der Waals surface area contributed by atoms with Crippen LogP contribution >= 0.6 is 11.8 Å². The lowest BCUT2D eigenvalue weighted by molar-refractivity contribution is -0.116. The monoisotopic (exact) mass is 411 g/mol. The zero-order valence-corrected chi connectivity index (χ0v) is 17.5. The van der Waals surface area contributed by atoms with Crippen molar-refractivity contribution in [1.29, 1.82) is 0 Å². The minimum Gasteiger partial charge on any atom is -0.497 e. The van der Waals surface area contributed by atoms with E-state index in [-0.39, 0.29) is 16.8 Å². The average Bonchev–Trinajstić information content (AvgIpc) is 3.04. The van der Waals surface area contributed by atoms with Crippen LogP contribution in [-0.4, -0.2) is 47.7 Å². The number of methoxy groups -OCH3 is 1. The Morgan fingerprint density at radius 3 is 2.62 bits per heavy atom. The van der Waals surface area contributed by atoms with Gasteiger partial charge in [0.15, 0.2) is 0 Å². The number of likely N-dealkylation sites (tertiary alicyclic amines) is 1. The highest BCUT2D eigenvalue weighted by Gasteiger charge is 2.49. The number of benzene rings is 2. The molecule has 0 aromatic heterocycles. The van der Waals surface area contributed by atoms with Crippen LogP contribution in [0.3, 0.4) is 0 Å². The maximum absolute atomic E-state index is 12.7. The van der Waals surface area contributed by atoms with Gasteiger partial charge in [0.25, 0.3) is 0 Å². The summed E-state index contributed by atoms with van der Waals surface area (Å²) in [4.78, 5) is 28.9. The fourth-order valence-corrected chi connectivity index (χ4v) is 5.36. The number of carbonyl (C=O) groups is 2. The number of nitrogens with zero attached hydrogens (tertiary/aromatic N) is 2. The summed E-state index contributed by atoms with van der Waals surface area (Å²) >= 11 is 1.71. The number of carbonyl (C=O) groups excluding carboxylic acids is 2. The molecule has 29 heavy (non-hydrogen) atoms. The number of nitrogens with one attached hydrogen (secondary N) is 1. The Hall–Kier alpha value is -2.67. The Labute approximate surface area is 175 Å². The van der Waals surface area contributed by atoms with Crippen molar-refractivity contribution in [3.63, 3.8) is 0 Å². The summed E-state index contributed by atoms with van der Waals surface area (Å²) < 4.78 is 5.21. The maximum atomic E-state index is 12.7. The van der Waals surface area contributed by atoms with Crippen LogP contribution in [-0.2, 0) is 4.79 Å². The van der Waals surface area contributed by atoms with Gasteiger partial charge in [0.05, 0.1) is 17.7 Å². The van der Waals surface area contributed by atoms with E-state index in [9.17, 15) is 9.59 Å². The van der Waals surface area contributed by atoms with Gasteiger partial charge in [0, 0.05) is 30.5 Å². The van der Waals surface area contributed by atoms with Gasteiger partial charge in [0.2, 0.25) is 5.91 Å². The molecule has 2 aromatic rings. The van der Waals surface area contributed by atoms with E-state index in [1.54, 1.807) is 24.9 Å². The van der Waals surface area contributed by atoms with Gasteiger partial charge in [-0.2, -0.15) is 0 Å². The summed E-state index contributed by atoms with van der Waals surface area (Å²) in [7, 11) is 1.60. The molecule has 1 N–H and O–H groups in total. The molecule has 0 atom stereocenters. The van der Waals surface area contributed by atoms with Crippen LogP contribution < -0.4 is 15.0 Å². The molecular formula is C22H25N3O3S. The molecule has 6 nitrogen and oxygen atoms in total. The number of anilines is 2. The lowest BCUT2D eigenvalue weighted by atomic mass is 10.0. The van der Waals surface area contributed by atoms with Crippen molar-refractivity contribution in [2.24, 2.45) is 0 Å². The summed E-state index contributed by atoms with van der Waals surface area (Å²) in [5, 5.41) is 2.94. The maximum Gasteiger partial charge on any atom is 0.321 e. The van der Waals surface area contributed by atoms with Gasteiger partial charge >= 0.3 is 6.03 Å². The minimum atomic E-state index is -0.266. The first-order valence-corrected chi connectivity index (χ1v) is 10.7. The van der Waals surface area contributed by atoms with E-state index in [0.29, 0.717) is 30.3 Å². The smallest absolute Gasteiger partial charge is 0.321 e. The second kappa shape index (κ2) is 7.99. The van der Waals surface area contributed by atoms with E-state index in [4.69, 9.17) is 4.74 Å². The predicted octanol–water partition coefficient (Wildman–Crippen LogP) is 4.11. The Balaban J connectivity index is 1.45. The van der Waals surface area contributed by atoms with E-state index in [0.717, 1.165) is 24.1 Å². The van der Waals surface area contributed by atoms with Crippen LogP contribution in [0.1, 0.15) is 18.4 Å². The largest absolute Gasteiger partial charge is 0.497 e. The Morgan fingerprint density at radius 1 is 1.14 bits per heavy atom. The first-order valence-electron chi connectivity index (χ1n) is 9.74. The van der Waals surface area contributed by atoms with Crippen LogP contribution in [0.4, 0.5) is 16.2 Å². The van der Waals surface area contributed by atoms with Crippen LogP contribution in [0.15, 0.2) is 48.5 Å². The second-order valence-corrected chi connectivity index (χ2v) is 8.79. The molecule has 2 aliphatic heterocycles. The molecule has 7 heteroatoms. The average molecular weight is 412 g/mol. The van der Waals surface area contributed by atoms with E-state index >= 15 is 0 Å². The molecule has 0 radical (unpaired) electrons. The van der Waals surface area contributed by atoms with Crippen molar-refractivity contribution in [3.05, 3.63) is 54.1 Å². The van der Waals surface area contributed by atoms with Gasteiger partial charge < -0.3 is 15.0 Å². The molecular weight excluding hydrogens is 386 g/mol. The van der Waals surface area contributed by atoms with E-state index < -0.39 is 0 Å². The Bertz CT molecular complexity index is 925. The summed E-state index contributed by atoms with van der Waals surface area (Å²) in [5.74, 6) is 1.34. The minimum absolute atomic E-state index is 0.121. The summed E-state index contributed by atoms with van der Waals surface area (Å²) in [5.41, 5.74) is 2.80. The van der Waals surface area contributed by atoms with Crippen LogP contribution in [0, 0.1) is 6.92 Å². The van der Waals surface area contributed by atoms with Gasteiger partial charge in [-0.15, -0.1) is 11.8 Å². The highest BCUT2D eigenvalue weighted by Crippen LogP contribution is 2.46. The molecule has 152 valence electrons. The van der Waals surface area contributed by atoms with E-state index in [1.165, 1.54) is 0 Å². The first kappa shape index (κ1) is 19.6. The third-order valence-corrected chi connectivity index (χ3v) is 7.05. The van der Waals surface area contributed by atoms with E-state index in [2.05, 4.69) is 11.4 Å². The second-order valence-electron chi connectivity index (χ2n) is 7.45.